The van der Waals surface area contributed by atoms with E-state index in [0.717, 1.165) is 71.4 Å². The van der Waals surface area contributed by atoms with Gasteiger partial charge in [0.05, 0.1) is 13.4 Å². The number of amides is 1. The Morgan fingerprint density at radius 3 is 2.52 bits per heavy atom. The number of nitrogens with zero attached hydrogens (tertiary/aromatic N) is 2. The number of benzene rings is 2. The first-order valence-corrected chi connectivity index (χ1v) is 14.7. The molecule has 0 aliphatic carbocycles. The third kappa shape index (κ3) is 6.13. The number of hydrogen-bond donors (Lipinski definition) is 2. The number of ether oxygens (including phenoxy) is 2. The summed E-state index contributed by atoms with van der Waals surface area (Å²) in [5.41, 5.74) is 3.17. The molecule has 0 atom stereocenters. The van der Waals surface area contributed by atoms with E-state index in [9.17, 15) is 4.79 Å². The van der Waals surface area contributed by atoms with Gasteiger partial charge in [0.1, 0.15) is 29.4 Å². The van der Waals surface area contributed by atoms with Crippen LogP contribution in [0.2, 0.25) is 0 Å². The third-order valence-electron chi connectivity index (χ3n) is 8.47. The first kappa shape index (κ1) is 26.7. The lowest BCUT2D eigenvalue weighted by molar-refractivity contribution is 0.0902. The second-order valence-electron chi connectivity index (χ2n) is 11.2. The Bertz CT molecular complexity index is 1430. The van der Waals surface area contributed by atoms with E-state index < -0.39 is 0 Å². The summed E-state index contributed by atoms with van der Waals surface area (Å²) < 4.78 is 17.2. The fourth-order valence-corrected chi connectivity index (χ4v) is 6.04. The Labute approximate surface area is 235 Å². The maximum Gasteiger partial charge on any atom is 0.267 e. The molecule has 0 spiro atoms. The molecule has 0 saturated carbocycles. The van der Waals surface area contributed by atoms with E-state index in [0.29, 0.717) is 12.3 Å². The SMILES string of the molecule is COc1ccc2c(COc3cccc4[nH]c(C(=O)NC5CCN(CCN6CCCCCC6)CC5)cc34)coc2c1. The Balaban J connectivity index is 1.03. The molecule has 40 heavy (non-hydrogen) atoms. The van der Waals surface area contributed by atoms with Crippen LogP contribution in [-0.2, 0) is 6.61 Å². The van der Waals surface area contributed by atoms with Crippen molar-refractivity contribution in [2.75, 3.05) is 46.4 Å². The summed E-state index contributed by atoms with van der Waals surface area (Å²) in [5.74, 6) is 1.43. The van der Waals surface area contributed by atoms with Crippen molar-refractivity contribution in [2.45, 2.75) is 51.2 Å². The average molecular weight is 545 g/mol. The van der Waals surface area contributed by atoms with Crippen LogP contribution in [0.4, 0.5) is 0 Å². The topological polar surface area (TPSA) is 83.0 Å². The highest BCUT2D eigenvalue weighted by atomic mass is 16.5. The lowest BCUT2D eigenvalue weighted by Crippen LogP contribution is -2.46. The number of methoxy groups -OCH3 is 1. The highest BCUT2D eigenvalue weighted by Gasteiger charge is 2.23. The number of aromatic nitrogens is 1. The van der Waals surface area contributed by atoms with Crippen molar-refractivity contribution in [1.29, 1.82) is 0 Å². The summed E-state index contributed by atoms with van der Waals surface area (Å²) in [6.45, 7) is 7.25. The number of fused-ring (bicyclic) bond motifs is 2. The minimum Gasteiger partial charge on any atom is -0.497 e. The summed E-state index contributed by atoms with van der Waals surface area (Å²) in [7, 11) is 1.64. The summed E-state index contributed by atoms with van der Waals surface area (Å²) in [6, 6.07) is 13.7. The van der Waals surface area contributed by atoms with Gasteiger partial charge in [-0.05, 0) is 69.1 Å². The predicted molar refractivity (Wildman–Crippen MR) is 157 cm³/mol. The minimum atomic E-state index is -0.0556. The second kappa shape index (κ2) is 12.4. The number of H-pyrrole nitrogens is 1. The van der Waals surface area contributed by atoms with E-state index in [1.54, 1.807) is 13.4 Å². The van der Waals surface area contributed by atoms with E-state index in [1.807, 2.05) is 42.5 Å². The standard InChI is InChI=1S/C32H40N4O4/c1-38-25-9-10-26-23(22-40-31(26)19-25)21-39-30-8-6-7-28-27(30)20-29(34-28)32(37)33-24-11-15-36(16-12-24)18-17-35-13-4-2-3-5-14-35/h6-10,19-20,22,24,34H,2-5,11-18,21H2,1H3,(H,33,37). The number of furan rings is 1. The molecule has 212 valence electrons. The lowest BCUT2D eigenvalue weighted by atomic mass is 10.0. The molecule has 4 heterocycles. The largest absolute Gasteiger partial charge is 0.497 e. The van der Waals surface area contributed by atoms with E-state index in [4.69, 9.17) is 13.9 Å². The average Bonchev–Trinajstić information content (AvgIpc) is 3.51. The van der Waals surface area contributed by atoms with Gasteiger partial charge in [-0.2, -0.15) is 0 Å². The number of hydrogen-bond acceptors (Lipinski definition) is 6. The fraction of sp³-hybridized carbons (Fsp3) is 0.469. The molecule has 8 nitrogen and oxygen atoms in total. The molecule has 8 heteroatoms. The maximum absolute atomic E-state index is 13.2. The zero-order valence-corrected chi connectivity index (χ0v) is 23.4. The quantitative estimate of drug-likeness (QED) is 0.287. The Kier molecular flexibility index (Phi) is 8.25. The van der Waals surface area contributed by atoms with Gasteiger partial charge in [0, 0.05) is 60.1 Å². The van der Waals surface area contributed by atoms with Gasteiger partial charge in [0.2, 0.25) is 0 Å². The molecule has 4 aromatic rings. The highest BCUT2D eigenvalue weighted by molar-refractivity contribution is 5.99. The molecule has 2 N–H and O–H groups in total. The minimum absolute atomic E-state index is 0.0556. The monoisotopic (exact) mass is 544 g/mol. The van der Waals surface area contributed by atoms with Gasteiger partial charge in [0.15, 0.2) is 0 Å². The highest BCUT2D eigenvalue weighted by Crippen LogP contribution is 2.30. The van der Waals surface area contributed by atoms with E-state index >= 15 is 0 Å². The van der Waals surface area contributed by atoms with Gasteiger partial charge >= 0.3 is 0 Å². The van der Waals surface area contributed by atoms with Crippen molar-refractivity contribution < 1.29 is 18.7 Å². The van der Waals surface area contributed by atoms with Crippen molar-refractivity contribution in [3.05, 3.63) is 60.0 Å². The molecule has 2 aliphatic heterocycles. The summed E-state index contributed by atoms with van der Waals surface area (Å²) in [6.07, 6.45) is 9.15. The van der Waals surface area contributed by atoms with Crippen molar-refractivity contribution in [3.8, 4) is 11.5 Å². The molecule has 0 unspecified atom stereocenters. The molecule has 0 radical (unpaired) electrons. The fourth-order valence-electron chi connectivity index (χ4n) is 6.04. The van der Waals surface area contributed by atoms with Crippen LogP contribution in [-0.4, -0.2) is 73.1 Å². The van der Waals surface area contributed by atoms with Crippen LogP contribution in [0.15, 0.2) is 53.1 Å². The number of nitrogens with one attached hydrogen (secondary N) is 2. The summed E-state index contributed by atoms with van der Waals surface area (Å²) in [4.78, 5) is 21.6. The first-order valence-electron chi connectivity index (χ1n) is 14.7. The van der Waals surface area contributed by atoms with Gasteiger partial charge < -0.3 is 34.0 Å². The predicted octanol–water partition coefficient (Wildman–Crippen LogP) is 5.57. The van der Waals surface area contributed by atoms with Crippen molar-refractivity contribution in [1.82, 2.24) is 20.1 Å². The van der Waals surface area contributed by atoms with Crippen LogP contribution in [0.1, 0.15) is 54.6 Å². The van der Waals surface area contributed by atoms with Gasteiger partial charge in [-0.1, -0.05) is 18.9 Å². The second-order valence-corrected chi connectivity index (χ2v) is 11.2. The molecular weight excluding hydrogens is 504 g/mol. The van der Waals surface area contributed by atoms with Crippen molar-refractivity contribution in [2.24, 2.45) is 0 Å². The number of piperidine rings is 1. The zero-order valence-electron chi connectivity index (χ0n) is 23.4. The molecule has 2 aliphatic rings. The van der Waals surface area contributed by atoms with Gasteiger partial charge in [-0.15, -0.1) is 0 Å². The van der Waals surface area contributed by atoms with Crippen LogP contribution in [0, 0.1) is 0 Å². The molecule has 2 aromatic carbocycles. The molecule has 0 bridgehead atoms. The van der Waals surface area contributed by atoms with Crippen molar-refractivity contribution in [3.63, 3.8) is 0 Å². The summed E-state index contributed by atoms with van der Waals surface area (Å²) >= 11 is 0. The molecule has 2 fully saturated rings. The van der Waals surface area contributed by atoms with E-state index in [1.165, 1.54) is 45.3 Å². The van der Waals surface area contributed by atoms with E-state index in [2.05, 4.69) is 20.1 Å². The molecule has 1 amide bonds. The van der Waals surface area contributed by atoms with E-state index in [-0.39, 0.29) is 11.9 Å². The normalized spacial score (nSPS) is 17.7. The van der Waals surface area contributed by atoms with Gasteiger partial charge in [-0.3, -0.25) is 4.79 Å². The summed E-state index contributed by atoms with van der Waals surface area (Å²) in [5, 5.41) is 5.15. The lowest BCUT2D eigenvalue weighted by Gasteiger charge is -2.33. The third-order valence-corrected chi connectivity index (χ3v) is 8.47. The maximum atomic E-state index is 13.2. The van der Waals surface area contributed by atoms with Crippen LogP contribution in [0.3, 0.4) is 0 Å². The Hall–Kier alpha value is -3.49. The zero-order chi connectivity index (χ0) is 27.3. The van der Waals surface area contributed by atoms with Gasteiger partial charge in [0.25, 0.3) is 5.91 Å². The van der Waals surface area contributed by atoms with Crippen molar-refractivity contribution >= 4 is 27.8 Å². The molecule has 6 rings (SSSR count). The Morgan fingerprint density at radius 1 is 0.975 bits per heavy atom. The molecular formula is C32H40N4O4. The molecule has 2 saturated heterocycles. The Morgan fingerprint density at radius 2 is 1.75 bits per heavy atom. The van der Waals surface area contributed by atoms with Crippen LogP contribution >= 0.6 is 0 Å². The smallest absolute Gasteiger partial charge is 0.267 e. The first-order chi connectivity index (χ1) is 19.7. The molecule has 2 aromatic heterocycles. The number of likely N-dealkylation sites (tertiary alicyclic amines) is 2. The number of carbonyl (C=O) groups excluding carboxylic acids is 1. The number of rotatable bonds is 9. The number of carbonyl (C=O) groups is 1. The van der Waals surface area contributed by atoms with Crippen LogP contribution < -0.4 is 14.8 Å². The van der Waals surface area contributed by atoms with Gasteiger partial charge in [-0.25, -0.2) is 0 Å². The van der Waals surface area contributed by atoms with Crippen LogP contribution in [0.5, 0.6) is 11.5 Å². The number of aromatic amines is 1. The van der Waals surface area contributed by atoms with Crippen LogP contribution in [0.25, 0.3) is 21.9 Å².